The molecule has 0 heterocycles. The van der Waals surface area contributed by atoms with Crippen LogP contribution >= 0.6 is 11.6 Å². The van der Waals surface area contributed by atoms with Crippen molar-refractivity contribution in [3.8, 4) is 17.2 Å². The number of para-hydroxylation sites is 3. The van der Waals surface area contributed by atoms with Crippen molar-refractivity contribution in [1.82, 2.24) is 0 Å². The zero-order chi connectivity index (χ0) is 19.8. The fraction of sp³-hybridized carbons (Fsp3) is 0.136. The van der Waals surface area contributed by atoms with Crippen LogP contribution < -0.4 is 20.1 Å². The predicted octanol–water partition coefficient (Wildman–Crippen LogP) is 5.58. The lowest BCUT2D eigenvalue weighted by atomic mass is 10.2. The Hall–Kier alpha value is -3.18. The maximum atomic E-state index is 12.3. The third-order valence-electron chi connectivity index (χ3n) is 3.96. The number of benzene rings is 3. The van der Waals surface area contributed by atoms with E-state index in [9.17, 15) is 4.79 Å². The number of amides is 1. The molecule has 0 spiro atoms. The number of nitrogens with one attached hydrogen (secondary N) is 2. The average molecular weight is 397 g/mol. The van der Waals surface area contributed by atoms with Crippen molar-refractivity contribution in [3.63, 3.8) is 0 Å². The maximum Gasteiger partial charge on any atom is 0.226 e. The predicted molar refractivity (Wildman–Crippen MR) is 113 cm³/mol. The number of hydrogen-bond acceptors (Lipinski definition) is 4. The van der Waals surface area contributed by atoms with Crippen LogP contribution in [-0.2, 0) is 4.79 Å². The Morgan fingerprint density at radius 1 is 0.929 bits per heavy atom. The summed E-state index contributed by atoms with van der Waals surface area (Å²) in [5.41, 5.74) is 1.37. The highest BCUT2D eigenvalue weighted by atomic mass is 35.5. The van der Waals surface area contributed by atoms with Crippen LogP contribution in [-0.4, -0.2) is 19.6 Å². The number of ether oxygens (including phenoxy) is 2. The molecule has 144 valence electrons. The van der Waals surface area contributed by atoms with Crippen LogP contribution in [0.5, 0.6) is 17.2 Å². The molecule has 0 aliphatic heterocycles. The molecule has 3 rings (SSSR count). The van der Waals surface area contributed by atoms with Crippen LogP contribution in [0.3, 0.4) is 0 Å². The van der Waals surface area contributed by atoms with E-state index in [-0.39, 0.29) is 12.3 Å². The highest BCUT2D eigenvalue weighted by Crippen LogP contribution is 2.29. The van der Waals surface area contributed by atoms with E-state index < -0.39 is 0 Å². The third kappa shape index (κ3) is 5.41. The lowest BCUT2D eigenvalue weighted by molar-refractivity contribution is -0.116. The van der Waals surface area contributed by atoms with Gasteiger partial charge in [-0.1, -0.05) is 41.9 Å². The molecule has 0 radical (unpaired) electrons. The maximum absolute atomic E-state index is 12.3. The van der Waals surface area contributed by atoms with Crippen LogP contribution in [0.1, 0.15) is 6.42 Å². The minimum absolute atomic E-state index is 0.144. The first-order chi connectivity index (χ1) is 13.7. The Kier molecular flexibility index (Phi) is 6.76. The number of rotatable bonds is 8. The van der Waals surface area contributed by atoms with Gasteiger partial charge < -0.3 is 20.1 Å². The number of carbonyl (C=O) groups is 1. The summed E-state index contributed by atoms with van der Waals surface area (Å²) in [4.78, 5) is 12.3. The van der Waals surface area contributed by atoms with Crippen LogP contribution in [0.15, 0.2) is 72.8 Å². The van der Waals surface area contributed by atoms with Crippen molar-refractivity contribution >= 4 is 28.9 Å². The number of anilines is 2. The van der Waals surface area contributed by atoms with Crippen LogP contribution in [0, 0.1) is 0 Å². The van der Waals surface area contributed by atoms with Crippen LogP contribution in [0.4, 0.5) is 11.4 Å². The minimum Gasteiger partial charge on any atom is -0.495 e. The zero-order valence-electron chi connectivity index (χ0n) is 15.4. The molecule has 0 fully saturated rings. The van der Waals surface area contributed by atoms with E-state index in [0.29, 0.717) is 28.8 Å². The van der Waals surface area contributed by atoms with Gasteiger partial charge in [0, 0.05) is 18.0 Å². The van der Waals surface area contributed by atoms with Gasteiger partial charge in [-0.15, -0.1) is 0 Å². The number of halogens is 1. The summed E-state index contributed by atoms with van der Waals surface area (Å²) in [6.07, 6.45) is 0.273. The van der Waals surface area contributed by atoms with E-state index in [1.54, 1.807) is 25.3 Å². The van der Waals surface area contributed by atoms with Gasteiger partial charge in [-0.3, -0.25) is 4.79 Å². The summed E-state index contributed by atoms with van der Waals surface area (Å²) in [6, 6.07) is 22.2. The summed E-state index contributed by atoms with van der Waals surface area (Å²) in [6.45, 7) is 0.448. The highest BCUT2D eigenvalue weighted by Gasteiger charge is 2.09. The second-order valence-electron chi connectivity index (χ2n) is 5.98. The summed E-state index contributed by atoms with van der Waals surface area (Å²) in [5.74, 6) is 1.87. The summed E-state index contributed by atoms with van der Waals surface area (Å²) >= 11 is 5.99. The Bertz CT molecular complexity index is 932. The standard InChI is InChI=1S/C22H21ClN2O3/c1-27-20-12-11-16(23)15-19(20)25-22(26)13-14-24-18-9-5-6-10-21(18)28-17-7-3-2-4-8-17/h2-12,15,24H,13-14H2,1H3,(H,25,26). The largest absolute Gasteiger partial charge is 0.495 e. The van der Waals surface area contributed by atoms with Crippen molar-refractivity contribution in [2.45, 2.75) is 6.42 Å². The summed E-state index contributed by atoms with van der Waals surface area (Å²) in [5, 5.41) is 6.60. The van der Waals surface area contributed by atoms with E-state index in [4.69, 9.17) is 21.1 Å². The third-order valence-corrected chi connectivity index (χ3v) is 4.20. The molecule has 0 aliphatic carbocycles. The molecule has 0 atom stereocenters. The van der Waals surface area contributed by atoms with Crippen molar-refractivity contribution < 1.29 is 14.3 Å². The van der Waals surface area contributed by atoms with E-state index in [1.807, 2.05) is 54.6 Å². The van der Waals surface area contributed by atoms with Gasteiger partial charge >= 0.3 is 0 Å². The molecule has 0 aromatic heterocycles. The molecule has 1 amide bonds. The van der Waals surface area contributed by atoms with E-state index in [0.717, 1.165) is 11.4 Å². The molecule has 3 aromatic carbocycles. The fourth-order valence-corrected chi connectivity index (χ4v) is 2.79. The van der Waals surface area contributed by atoms with Crippen molar-refractivity contribution in [2.24, 2.45) is 0 Å². The lowest BCUT2D eigenvalue weighted by Crippen LogP contribution is -2.16. The molecule has 3 aromatic rings. The quantitative estimate of drug-likeness (QED) is 0.521. The normalized spacial score (nSPS) is 10.2. The second-order valence-corrected chi connectivity index (χ2v) is 6.42. The average Bonchev–Trinajstić information content (AvgIpc) is 2.70. The first-order valence-corrected chi connectivity index (χ1v) is 9.22. The Morgan fingerprint density at radius 2 is 1.68 bits per heavy atom. The van der Waals surface area contributed by atoms with Crippen molar-refractivity contribution in [3.05, 3.63) is 77.8 Å². The van der Waals surface area contributed by atoms with Crippen molar-refractivity contribution in [1.29, 1.82) is 0 Å². The van der Waals surface area contributed by atoms with Gasteiger partial charge in [0.2, 0.25) is 5.91 Å². The van der Waals surface area contributed by atoms with E-state index in [1.165, 1.54) is 0 Å². The van der Waals surface area contributed by atoms with Crippen LogP contribution in [0.25, 0.3) is 0 Å². The topological polar surface area (TPSA) is 59.6 Å². The van der Waals surface area contributed by atoms with Gasteiger partial charge in [-0.25, -0.2) is 0 Å². The molecule has 6 heteroatoms. The first-order valence-electron chi connectivity index (χ1n) is 8.85. The molecule has 5 nitrogen and oxygen atoms in total. The Balaban J connectivity index is 1.57. The van der Waals surface area contributed by atoms with Gasteiger partial charge in [0.25, 0.3) is 0 Å². The number of hydrogen-bond donors (Lipinski definition) is 2. The highest BCUT2D eigenvalue weighted by molar-refractivity contribution is 6.31. The molecular formula is C22H21ClN2O3. The van der Waals surface area contributed by atoms with Gasteiger partial charge in [0.1, 0.15) is 11.5 Å². The second kappa shape index (κ2) is 9.67. The molecular weight excluding hydrogens is 376 g/mol. The zero-order valence-corrected chi connectivity index (χ0v) is 16.2. The number of methoxy groups -OCH3 is 1. The molecule has 0 saturated carbocycles. The molecule has 2 N–H and O–H groups in total. The van der Waals surface area contributed by atoms with Gasteiger partial charge in [0.15, 0.2) is 5.75 Å². The Morgan fingerprint density at radius 3 is 2.46 bits per heavy atom. The van der Waals surface area contributed by atoms with Gasteiger partial charge in [-0.2, -0.15) is 0 Å². The first kappa shape index (κ1) is 19.6. The monoisotopic (exact) mass is 396 g/mol. The molecule has 0 aliphatic rings. The molecule has 0 bridgehead atoms. The van der Waals surface area contributed by atoms with Gasteiger partial charge in [-0.05, 0) is 42.5 Å². The Labute approximate surface area is 169 Å². The molecule has 0 unspecified atom stereocenters. The fourth-order valence-electron chi connectivity index (χ4n) is 2.62. The molecule has 28 heavy (non-hydrogen) atoms. The summed E-state index contributed by atoms with van der Waals surface area (Å²) < 4.78 is 11.2. The van der Waals surface area contributed by atoms with Gasteiger partial charge in [0.05, 0.1) is 18.5 Å². The number of carbonyl (C=O) groups excluding carboxylic acids is 1. The summed E-state index contributed by atoms with van der Waals surface area (Å²) in [7, 11) is 1.55. The van der Waals surface area contributed by atoms with Crippen molar-refractivity contribution in [2.75, 3.05) is 24.3 Å². The molecule has 0 saturated heterocycles. The smallest absolute Gasteiger partial charge is 0.226 e. The SMILES string of the molecule is COc1ccc(Cl)cc1NC(=O)CCNc1ccccc1Oc1ccccc1. The van der Waals surface area contributed by atoms with E-state index in [2.05, 4.69) is 10.6 Å². The minimum atomic E-state index is -0.144. The van der Waals surface area contributed by atoms with E-state index >= 15 is 0 Å². The lowest BCUT2D eigenvalue weighted by Gasteiger charge is -2.13. The van der Waals surface area contributed by atoms with Crippen LogP contribution in [0.2, 0.25) is 5.02 Å².